The Bertz CT molecular complexity index is 1230. The van der Waals surface area contributed by atoms with Gasteiger partial charge in [0.2, 0.25) is 0 Å². The Morgan fingerprint density at radius 1 is 1.10 bits per heavy atom. The molecule has 1 aliphatic heterocycles. The highest BCUT2D eigenvalue weighted by atomic mass is 79.9. The minimum atomic E-state index is -0.346. The van der Waals surface area contributed by atoms with Crippen molar-refractivity contribution in [1.29, 1.82) is 0 Å². The maximum Gasteiger partial charge on any atom is 0.414 e. The molecule has 5 rings (SSSR count). The Labute approximate surface area is 183 Å². The molecule has 148 valence electrons. The fraction of sp³-hybridized carbons (Fsp3) is 0.174. The second-order valence-corrected chi connectivity index (χ2v) is 8.28. The maximum absolute atomic E-state index is 12.6. The van der Waals surface area contributed by atoms with Gasteiger partial charge in [0.1, 0.15) is 19.7 Å². The zero-order valence-electron chi connectivity index (χ0n) is 16.3. The number of benzene rings is 3. The molecule has 0 bridgehead atoms. The summed E-state index contributed by atoms with van der Waals surface area (Å²) >= 11 is 3.56. The van der Waals surface area contributed by atoms with E-state index in [0.29, 0.717) is 18.8 Å². The van der Waals surface area contributed by atoms with Crippen LogP contribution >= 0.6 is 15.9 Å². The maximum atomic E-state index is 12.6. The molecule has 7 heteroatoms. The van der Waals surface area contributed by atoms with Crippen molar-refractivity contribution < 1.29 is 14.3 Å². The van der Waals surface area contributed by atoms with Crippen LogP contribution in [-0.2, 0) is 11.3 Å². The third-order valence-electron chi connectivity index (χ3n) is 5.48. The van der Waals surface area contributed by atoms with E-state index >= 15 is 0 Å². The Morgan fingerprint density at radius 3 is 2.67 bits per heavy atom. The number of rotatable bonds is 4. The normalized spacial score (nSPS) is 16.4. The number of anilines is 1. The van der Waals surface area contributed by atoms with Crippen LogP contribution in [0.3, 0.4) is 0 Å². The molecule has 1 aromatic heterocycles. The lowest BCUT2D eigenvalue weighted by Crippen LogP contribution is -2.25. The van der Waals surface area contributed by atoms with E-state index < -0.39 is 0 Å². The van der Waals surface area contributed by atoms with Crippen LogP contribution in [0, 0.1) is 0 Å². The summed E-state index contributed by atoms with van der Waals surface area (Å²) < 4.78 is 14.2. The molecule has 1 unspecified atom stereocenters. The van der Waals surface area contributed by atoms with Crippen LogP contribution < -0.4 is 15.1 Å². The van der Waals surface area contributed by atoms with Crippen molar-refractivity contribution in [3.8, 4) is 5.75 Å². The largest absolute Gasteiger partial charge is 0.497 e. The van der Waals surface area contributed by atoms with Crippen LogP contribution in [-0.4, -0.2) is 38.3 Å². The van der Waals surface area contributed by atoms with Crippen molar-refractivity contribution in [3.63, 3.8) is 0 Å². The summed E-state index contributed by atoms with van der Waals surface area (Å²) in [5, 5.41) is 2.20. The molecule has 0 aliphatic carbocycles. The summed E-state index contributed by atoms with van der Waals surface area (Å²) in [6, 6.07) is 19.5. The second-order valence-electron chi connectivity index (χ2n) is 7.37. The number of carbonyl (C=O) groups excluding carboxylic acids is 1. The number of nitrogens with zero attached hydrogens (tertiary/aromatic N) is 2. The lowest BCUT2D eigenvalue weighted by atomic mass is 9.94. The van der Waals surface area contributed by atoms with Gasteiger partial charge in [-0.15, -0.1) is 0 Å². The minimum absolute atomic E-state index is 0.274. The van der Waals surface area contributed by atoms with Gasteiger partial charge in [0, 0.05) is 32.3 Å². The lowest BCUT2D eigenvalue weighted by molar-refractivity contribution is 0.133. The topological polar surface area (TPSA) is 43.7 Å². The first-order valence-electron chi connectivity index (χ1n) is 9.62. The third-order valence-corrected chi connectivity index (χ3v) is 5.97. The van der Waals surface area contributed by atoms with Crippen molar-refractivity contribution in [3.05, 3.63) is 65.1 Å². The minimum Gasteiger partial charge on any atom is -0.497 e. The first kappa shape index (κ1) is 19.1. The van der Waals surface area contributed by atoms with Crippen molar-refractivity contribution in [2.45, 2.75) is 12.6 Å². The lowest BCUT2D eigenvalue weighted by Gasteiger charge is -2.15. The SMILES string of the molecule is [B]c1ccc2c(c1)c1cc(Br)ccc1n2CC1CN(c2cccc(OC)c2)C(=O)O1. The summed E-state index contributed by atoms with van der Waals surface area (Å²) in [4.78, 5) is 14.2. The number of methoxy groups -OCH3 is 1. The average molecular weight is 461 g/mol. The molecule has 1 fully saturated rings. The number of aromatic nitrogens is 1. The molecule has 1 saturated heterocycles. The van der Waals surface area contributed by atoms with E-state index in [0.717, 1.165) is 37.4 Å². The standard InChI is InChI=1S/C23H18BBrN2O3/c1-29-17-4-2-3-16(11-17)26-12-18(30-23(26)28)13-27-21-7-5-14(24)9-19(21)20-10-15(25)6-8-22(20)27/h2-11,18H,12-13H2,1H3. The monoisotopic (exact) mass is 460 g/mol. The Morgan fingerprint density at radius 2 is 1.87 bits per heavy atom. The second kappa shape index (κ2) is 7.40. The summed E-state index contributed by atoms with van der Waals surface area (Å²) in [6.45, 7) is 1.02. The molecule has 0 spiro atoms. The summed E-state index contributed by atoms with van der Waals surface area (Å²) in [6.07, 6.45) is -0.621. The van der Waals surface area contributed by atoms with Gasteiger partial charge in [0.15, 0.2) is 0 Å². The van der Waals surface area contributed by atoms with Gasteiger partial charge < -0.3 is 14.0 Å². The number of ether oxygens (including phenoxy) is 2. The van der Waals surface area contributed by atoms with E-state index in [9.17, 15) is 4.79 Å². The van der Waals surface area contributed by atoms with E-state index in [4.69, 9.17) is 17.3 Å². The Kier molecular flexibility index (Phi) is 4.70. The molecule has 0 N–H and O–H groups in total. The smallest absolute Gasteiger partial charge is 0.414 e. The van der Waals surface area contributed by atoms with Crippen LogP contribution in [0.5, 0.6) is 5.75 Å². The van der Waals surface area contributed by atoms with E-state index in [1.54, 1.807) is 12.0 Å². The molecule has 1 aliphatic rings. The highest BCUT2D eigenvalue weighted by Crippen LogP contribution is 2.32. The van der Waals surface area contributed by atoms with Crippen molar-refractivity contribution in [2.24, 2.45) is 0 Å². The molecular formula is C23H18BBrN2O3. The van der Waals surface area contributed by atoms with Gasteiger partial charge in [-0.2, -0.15) is 0 Å². The molecule has 0 saturated carbocycles. The highest BCUT2D eigenvalue weighted by Gasteiger charge is 2.33. The van der Waals surface area contributed by atoms with Crippen LogP contribution in [0.25, 0.3) is 21.8 Å². The zero-order valence-corrected chi connectivity index (χ0v) is 17.9. The molecule has 4 aromatic rings. The number of cyclic esters (lactones) is 1. The predicted octanol–water partition coefficient (Wildman–Crippen LogP) is 4.38. The summed E-state index contributed by atoms with van der Waals surface area (Å²) in [5.74, 6) is 0.703. The molecule has 30 heavy (non-hydrogen) atoms. The molecule has 2 heterocycles. The van der Waals surface area contributed by atoms with Gasteiger partial charge >= 0.3 is 6.09 Å². The van der Waals surface area contributed by atoms with Crippen LogP contribution in [0.2, 0.25) is 0 Å². The number of fused-ring (bicyclic) bond motifs is 3. The van der Waals surface area contributed by atoms with Gasteiger partial charge in [-0.25, -0.2) is 4.79 Å². The first-order valence-corrected chi connectivity index (χ1v) is 10.4. The number of halogens is 1. The summed E-state index contributed by atoms with van der Waals surface area (Å²) in [5.41, 5.74) is 3.63. The molecule has 5 nitrogen and oxygen atoms in total. The first-order chi connectivity index (χ1) is 14.5. The van der Waals surface area contributed by atoms with E-state index in [1.165, 1.54) is 0 Å². The zero-order chi connectivity index (χ0) is 20.8. The molecular weight excluding hydrogens is 443 g/mol. The van der Waals surface area contributed by atoms with Gasteiger partial charge in [-0.1, -0.05) is 39.6 Å². The molecule has 1 amide bonds. The third kappa shape index (κ3) is 3.23. The summed E-state index contributed by atoms with van der Waals surface area (Å²) in [7, 11) is 7.65. The average Bonchev–Trinajstić information content (AvgIpc) is 3.25. The fourth-order valence-corrected chi connectivity index (χ4v) is 4.46. The van der Waals surface area contributed by atoms with E-state index in [2.05, 4.69) is 32.6 Å². The van der Waals surface area contributed by atoms with Crippen molar-refractivity contribution in [2.75, 3.05) is 18.6 Å². The number of hydrogen-bond acceptors (Lipinski definition) is 3. The number of amides is 1. The van der Waals surface area contributed by atoms with Crippen molar-refractivity contribution >= 4 is 62.8 Å². The predicted molar refractivity (Wildman–Crippen MR) is 123 cm³/mol. The van der Waals surface area contributed by atoms with Crippen molar-refractivity contribution in [1.82, 2.24) is 4.57 Å². The van der Waals surface area contributed by atoms with E-state index in [-0.39, 0.29) is 12.2 Å². The highest BCUT2D eigenvalue weighted by molar-refractivity contribution is 9.10. The Balaban J connectivity index is 1.50. The molecule has 2 radical (unpaired) electrons. The van der Waals surface area contributed by atoms with Gasteiger partial charge in [0.25, 0.3) is 0 Å². The number of hydrogen-bond donors (Lipinski definition) is 0. The fourth-order valence-electron chi connectivity index (χ4n) is 4.10. The number of carbonyl (C=O) groups is 1. The Hall–Kier alpha value is -2.93. The van der Waals surface area contributed by atoms with Crippen LogP contribution in [0.4, 0.5) is 10.5 Å². The van der Waals surface area contributed by atoms with E-state index in [1.807, 2.05) is 48.5 Å². The quantitative estimate of drug-likeness (QED) is 0.424. The molecule has 3 aromatic carbocycles. The molecule has 1 atom stereocenters. The van der Waals surface area contributed by atoms with Crippen LogP contribution in [0.15, 0.2) is 65.1 Å². The van der Waals surface area contributed by atoms with Gasteiger partial charge in [-0.05, 0) is 36.4 Å². The van der Waals surface area contributed by atoms with Crippen LogP contribution in [0.1, 0.15) is 0 Å². The van der Waals surface area contributed by atoms with Gasteiger partial charge in [0.05, 0.1) is 25.9 Å². The van der Waals surface area contributed by atoms with Gasteiger partial charge in [-0.3, -0.25) is 4.90 Å².